The number of anilines is 1. The summed E-state index contributed by atoms with van der Waals surface area (Å²) in [6.45, 7) is 0.375. The number of nitrogens with zero attached hydrogens (tertiary/aromatic N) is 1. The summed E-state index contributed by atoms with van der Waals surface area (Å²) in [5.41, 5.74) is 2.90. The lowest BCUT2D eigenvalue weighted by Gasteiger charge is -2.27. The highest BCUT2D eigenvalue weighted by Gasteiger charge is 2.36. The molecule has 7 heteroatoms. The molecule has 2 amide bonds. The van der Waals surface area contributed by atoms with E-state index in [0.29, 0.717) is 40.7 Å². The summed E-state index contributed by atoms with van der Waals surface area (Å²) in [4.78, 5) is 28.2. The summed E-state index contributed by atoms with van der Waals surface area (Å²) in [6.07, 6.45) is 0.374. The molecule has 0 fully saturated rings. The summed E-state index contributed by atoms with van der Waals surface area (Å²) in [5.74, 6) is 0.368. The van der Waals surface area contributed by atoms with Crippen molar-refractivity contribution in [1.29, 1.82) is 0 Å². The highest BCUT2D eigenvalue weighted by molar-refractivity contribution is 6.32. The highest BCUT2D eigenvalue weighted by atomic mass is 35.5. The van der Waals surface area contributed by atoms with Gasteiger partial charge >= 0.3 is 0 Å². The molecule has 4 rings (SSSR count). The Labute approximate surface area is 191 Å². The van der Waals surface area contributed by atoms with E-state index < -0.39 is 6.04 Å². The molecule has 0 aromatic heterocycles. The van der Waals surface area contributed by atoms with Crippen LogP contribution in [0, 0.1) is 0 Å². The Bertz CT molecular complexity index is 1150. The number of methoxy groups -OCH3 is 2. The van der Waals surface area contributed by atoms with Gasteiger partial charge in [0.1, 0.15) is 17.5 Å². The van der Waals surface area contributed by atoms with E-state index in [1.54, 1.807) is 23.1 Å². The van der Waals surface area contributed by atoms with E-state index in [2.05, 4.69) is 5.32 Å². The molecule has 1 aliphatic rings. The van der Waals surface area contributed by atoms with Crippen molar-refractivity contribution in [2.24, 2.45) is 0 Å². The smallest absolute Gasteiger partial charge is 0.255 e. The quantitative estimate of drug-likeness (QED) is 0.572. The Kier molecular flexibility index (Phi) is 6.32. The zero-order valence-electron chi connectivity index (χ0n) is 17.8. The minimum absolute atomic E-state index is 0.156. The van der Waals surface area contributed by atoms with Gasteiger partial charge in [0.25, 0.3) is 5.91 Å². The summed E-state index contributed by atoms with van der Waals surface area (Å²) in [5, 5.41) is 3.24. The number of hydrogen-bond donors (Lipinski definition) is 1. The normalized spacial score (nSPS) is 13.5. The van der Waals surface area contributed by atoms with Crippen LogP contribution in [0.1, 0.15) is 21.5 Å². The molecule has 3 aromatic rings. The number of hydrogen-bond acceptors (Lipinski definition) is 4. The molecule has 1 aliphatic heterocycles. The Hall–Kier alpha value is -3.51. The lowest BCUT2D eigenvalue weighted by molar-refractivity contribution is -0.120. The number of amides is 2. The van der Waals surface area contributed by atoms with Crippen LogP contribution in [0.25, 0.3) is 0 Å². The molecule has 0 spiro atoms. The maximum atomic E-state index is 13.5. The maximum Gasteiger partial charge on any atom is 0.255 e. The van der Waals surface area contributed by atoms with Gasteiger partial charge in [-0.2, -0.15) is 0 Å². The third-order valence-electron chi connectivity index (χ3n) is 5.53. The topological polar surface area (TPSA) is 67.9 Å². The van der Waals surface area contributed by atoms with Gasteiger partial charge in [0.05, 0.1) is 24.9 Å². The molecule has 3 aromatic carbocycles. The Morgan fingerprint density at radius 1 is 1.03 bits per heavy atom. The van der Waals surface area contributed by atoms with Crippen molar-refractivity contribution in [1.82, 2.24) is 4.90 Å². The van der Waals surface area contributed by atoms with E-state index >= 15 is 0 Å². The molecular formula is C25H23ClN2O4. The number of carbonyl (C=O) groups excluding carboxylic acids is 2. The first kappa shape index (κ1) is 21.7. The summed E-state index contributed by atoms with van der Waals surface area (Å²) in [6, 6.07) is 19.5. The molecular weight excluding hydrogens is 428 g/mol. The number of carbonyl (C=O) groups is 2. The number of benzene rings is 3. The van der Waals surface area contributed by atoms with Gasteiger partial charge in [0, 0.05) is 24.6 Å². The van der Waals surface area contributed by atoms with Gasteiger partial charge < -0.3 is 19.7 Å². The zero-order chi connectivity index (χ0) is 22.7. The predicted molar refractivity (Wildman–Crippen MR) is 123 cm³/mol. The zero-order valence-corrected chi connectivity index (χ0v) is 18.6. The van der Waals surface area contributed by atoms with E-state index in [1.165, 1.54) is 14.2 Å². The van der Waals surface area contributed by atoms with Gasteiger partial charge in [-0.05, 0) is 23.3 Å². The number of rotatable bonds is 7. The van der Waals surface area contributed by atoms with Crippen LogP contribution < -0.4 is 14.8 Å². The maximum absolute atomic E-state index is 13.5. The lowest BCUT2D eigenvalue weighted by atomic mass is 10.0. The molecule has 164 valence electrons. The minimum atomic E-state index is -0.720. The van der Waals surface area contributed by atoms with Gasteiger partial charge in [-0.3, -0.25) is 9.59 Å². The van der Waals surface area contributed by atoms with Crippen molar-refractivity contribution in [3.05, 3.63) is 88.4 Å². The van der Waals surface area contributed by atoms with E-state index in [0.717, 1.165) is 11.1 Å². The van der Waals surface area contributed by atoms with Gasteiger partial charge in [-0.25, -0.2) is 0 Å². The second-order valence-corrected chi connectivity index (χ2v) is 7.88. The first-order valence-corrected chi connectivity index (χ1v) is 10.5. The number of halogens is 1. The highest BCUT2D eigenvalue weighted by Crippen LogP contribution is 2.36. The summed E-state index contributed by atoms with van der Waals surface area (Å²) in [7, 11) is 3.01. The van der Waals surface area contributed by atoms with Crippen LogP contribution in [-0.2, 0) is 17.8 Å². The average Bonchev–Trinajstić information content (AvgIpc) is 3.14. The standard InChI is InChI=1S/C25H23ClN2O4/c1-31-22-14-23(32-2)20(13-19(22)26)27-24(29)21(12-16-8-4-3-5-9-16)28-15-17-10-6-7-11-18(17)25(28)30/h3-11,13-14,21H,12,15H2,1-2H3,(H,27,29). The first-order valence-electron chi connectivity index (χ1n) is 10.2. The van der Waals surface area contributed by atoms with Crippen molar-refractivity contribution in [2.45, 2.75) is 19.0 Å². The molecule has 32 heavy (non-hydrogen) atoms. The fourth-order valence-corrected chi connectivity index (χ4v) is 4.12. The molecule has 0 saturated carbocycles. The number of nitrogens with one attached hydrogen (secondary N) is 1. The van der Waals surface area contributed by atoms with Gasteiger partial charge in [-0.1, -0.05) is 60.1 Å². The molecule has 1 heterocycles. The van der Waals surface area contributed by atoms with Crippen LogP contribution in [0.15, 0.2) is 66.7 Å². The number of fused-ring (bicyclic) bond motifs is 1. The van der Waals surface area contributed by atoms with Crippen molar-refractivity contribution < 1.29 is 19.1 Å². The minimum Gasteiger partial charge on any atom is -0.495 e. The van der Waals surface area contributed by atoms with Crippen LogP contribution in [0.5, 0.6) is 11.5 Å². The van der Waals surface area contributed by atoms with Gasteiger partial charge in [-0.15, -0.1) is 0 Å². The molecule has 0 aliphatic carbocycles. The van der Waals surface area contributed by atoms with E-state index in [4.69, 9.17) is 21.1 Å². The van der Waals surface area contributed by atoms with Crippen molar-refractivity contribution in [3.8, 4) is 11.5 Å². The second kappa shape index (κ2) is 9.32. The van der Waals surface area contributed by atoms with E-state index in [-0.39, 0.29) is 11.8 Å². The van der Waals surface area contributed by atoms with Crippen LogP contribution in [0.2, 0.25) is 5.02 Å². The fourth-order valence-electron chi connectivity index (χ4n) is 3.88. The van der Waals surface area contributed by atoms with Crippen molar-refractivity contribution >= 4 is 29.1 Å². The fraction of sp³-hybridized carbons (Fsp3) is 0.200. The molecule has 6 nitrogen and oxygen atoms in total. The largest absolute Gasteiger partial charge is 0.495 e. The molecule has 1 N–H and O–H groups in total. The van der Waals surface area contributed by atoms with Crippen LogP contribution in [0.4, 0.5) is 5.69 Å². The Morgan fingerprint density at radius 2 is 1.72 bits per heavy atom. The third kappa shape index (κ3) is 4.27. The molecule has 0 bridgehead atoms. The Balaban J connectivity index is 1.66. The summed E-state index contributed by atoms with van der Waals surface area (Å²) < 4.78 is 10.6. The first-order chi connectivity index (χ1) is 15.5. The summed E-state index contributed by atoms with van der Waals surface area (Å²) >= 11 is 6.27. The monoisotopic (exact) mass is 450 g/mol. The molecule has 0 saturated heterocycles. The van der Waals surface area contributed by atoms with Crippen molar-refractivity contribution in [3.63, 3.8) is 0 Å². The average molecular weight is 451 g/mol. The molecule has 0 radical (unpaired) electrons. The number of ether oxygens (including phenoxy) is 2. The molecule has 1 unspecified atom stereocenters. The van der Waals surface area contributed by atoms with Crippen LogP contribution >= 0.6 is 11.6 Å². The second-order valence-electron chi connectivity index (χ2n) is 7.47. The van der Waals surface area contributed by atoms with Crippen LogP contribution in [-0.4, -0.2) is 37.0 Å². The van der Waals surface area contributed by atoms with Gasteiger partial charge in [0.2, 0.25) is 5.91 Å². The third-order valence-corrected chi connectivity index (χ3v) is 5.83. The van der Waals surface area contributed by atoms with Gasteiger partial charge in [0.15, 0.2) is 0 Å². The van der Waals surface area contributed by atoms with Crippen molar-refractivity contribution in [2.75, 3.05) is 19.5 Å². The van der Waals surface area contributed by atoms with E-state index in [9.17, 15) is 9.59 Å². The lowest BCUT2D eigenvalue weighted by Crippen LogP contribution is -2.45. The Morgan fingerprint density at radius 3 is 2.41 bits per heavy atom. The van der Waals surface area contributed by atoms with E-state index in [1.807, 2.05) is 48.5 Å². The van der Waals surface area contributed by atoms with Crippen LogP contribution in [0.3, 0.4) is 0 Å². The SMILES string of the molecule is COc1cc(OC)c(NC(=O)C(Cc2ccccc2)N2Cc3ccccc3C2=O)cc1Cl. The predicted octanol–water partition coefficient (Wildman–Crippen LogP) is 4.56. The molecule has 1 atom stereocenters.